The van der Waals surface area contributed by atoms with Crippen molar-refractivity contribution in [1.82, 2.24) is 9.97 Å². The van der Waals surface area contributed by atoms with Crippen LogP contribution in [0, 0.1) is 12.7 Å². The van der Waals surface area contributed by atoms with Crippen LogP contribution in [-0.4, -0.2) is 9.97 Å². The third-order valence-corrected chi connectivity index (χ3v) is 5.86. The Hall–Kier alpha value is -3.16. The van der Waals surface area contributed by atoms with Crippen molar-refractivity contribution < 1.29 is 17.6 Å². The molecule has 0 saturated heterocycles. The number of aromatic nitrogens is 2. The number of alkyl halides is 3. The minimum atomic E-state index is -4.64. The van der Waals surface area contributed by atoms with E-state index < -0.39 is 17.6 Å². The maximum Gasteiger partial charge on any atom is 0.416 e. The zero-order valence-electron chi connectivity index (χ0n) is 17.6. The van der Waals surface area contributed by atoms with Gasteiger partial charge >= 0.3 is 6.18 Å². The lowest BCUT2D eigenvalue weighted by Crippen LogP contribution is -2.08. The third-order valence-electron chi connectivity index (χ3n) is 5.86. The van der Waals surface area contributed by atoms with E-state index in [9.17, 15) is 17.6 Å². The van der Waals surface area contributed by atoms with Crippen molar-refractivity contribution in [2.45, 2.75) is 51.1 Å². The topological polar surface area (TPSA) is 63.8 Å². The minimum absolute atomic E-state index is 0.0463. The molecule has 0 bridgehead atoms. The summed E-state index contributed by atoms with van der Waals surface area (Å²) in [4.78, 5) is 8.48. The Bertz CT molecular complexity index is 1100. The van der Waals surface area contributed by atoms with Crippen LogP contribution < -0.4 is 11.1 Å². The number of nitrogens with zero attached hydrogens (tertiary/aromatic N) is 2. The molecule has 0 aliphatic heterocycles. The fraction of sp³-hybridized carbons (Fsp3) is 0.333. The lowest BCUT2D eigenvalue weighted by molar-refractivity contribution is -0.137. The second kappa shape index (κ2) is 8.76. The summed E-state index contributed by atoms with van der Waals surface area (Å²) in [6.07, 6.45) is 1.57. The highest BCUT2D eigenvalue weighted by molar-refractivity contribution is 5.83. The molecule has 1 heterocycles. The fourth-order valence-corrected chi connectivity index (χ4v) is 4.18. The number of hydrogen-bond acceptors (Lipinski definition) is 4. The molecule has 8 heteroatoms. The SMILES string of the molecule is Cc1nc(Nc2ccc(C3CCCCC3)cc2)c(N)c(-c2ccc(C(F)(F)F)cc2F)n1. The average Bonchev–Trinajstić information content (AvgIpc) is 2.76. The summed E-state index contributed by atoms with van der Waals surface area (Å²) in [5, 5.41) is 3.13. The van der Waals surface area contributed by atoms with E-state index in [1.165, 1.54) is 37.7 Å². The molecule has 1 fully saturated rings. The molecule has 1 saturated carbocycles. The Labute approximate surface area is 183 Å². The number of aryl methyl sites for hydroxylation is 1. The molecule has 1 aromatic heterocycles. The van der Waals surface area contributed by atoms with Gasteiger partial charge in [-0.05, 0) is 61.6 Å². The van der Waals surface area contributed by atoms with Gasteiger partial charge in [-0.15, -0.1) is 0 Å². The number of hydrogen-bond donors (Lipinski definition) is 2. The maximum absolute atomic E-state index is 14.5. The molecule has 168 valence electrons. The second-order valence-electron chi connectivity index (χ2n) is 8.16. The van der Waals surface area contributed by atoms with E-state index in [0.29, 0.717) is 17.8 Å². The summed E-state index contributed by atoms with van der Waals surface area (Å²) >= 11 is 0. The Morgan fingerprint density at radius 2 is 1.66 bits per heavy atom. The van der Waals surface area contributed by atoms with E-state index in [1.54, 1.807) is 6.92 Å². The summed E-state index contributed by atoms with van der Waals surface area (Å²) in [5.41, 5.74) is 7.18. The van der Waals surface area contributed by atoms with Gasteiger partial charge in [-0.25, -0.2) is 14.4 Å². The molecule has 4 nitrogen and oxygen atoms in total. The highest BCUT2D eigenvalue weighted by Crippen LogP contribution is 2.37. The number of rotatable bonds is 4. The normalized spacial score (nSPS) is 15.0. The molecule has 0 unspecified atom stereocenters. The molecular formula is C24H24F4N4. The van der Waals surface area contributed by atoms with Gasteiger partial charge in [0.25, 0.3) is 0 Å². The number of halogens is 4. The molecule has 0 amide bonds. The standard InChI is InChI=1S/C24H24F4N4/c1-14-30-22(19-12-9-17(13-20(19)25)24(26,27)28)21(29)23(31-14)32-18-10-7-16(8-11-18)15-5-3-2-4-6-15/h7-13,15H,2-6,29H2,1H3,(H,30,31,32). The number of benzene rings is 2. The molecular weight excluding hydrogens is 420 g/mol. The van der Waals surface area contributed by atoms with Gasteiger partial charge in [0.2, 0.25) is 0 Å². The smallest absolute Gasteiger partial charge is 0.394 e. The predicted octanol–water partition coefficient (Wildman–Crippen LogP) is 6.98. The number of nitrogens with two attached hydrogens (primary N) is 1. The fourth-order valence-electron chi connectivity index (χ4n) is 4.18. The molecule has 4 rings (SSSR count). The van der Waals surface area contributed by atoms with E-state index in [-0.39, 0.29) is 22.8 Å². The molecule has 2 aromatic carbocycles. The summed E-state index contributed by atoms with van der Waals surface area (Å²) in [6, 6.07) is 10.4. The Kier molecular flexibility index (Phi) is 6.04. The van der Waals surface area contributed by atoms with Crippen molar-refractivity contribution in [2.75, 3.05) is 11.1 Å². The molecule has 3 N–H and O–H groups in total. The summed E-state index contributed by atoms with van der Waals surface area (Å²) in [7, 11) is 0. The molecule has 1 aliphatic carbocycles. The zero-order chi connectivity index (χ0) is 22.9. The summed E-state index contributed by atoms with van der Waals surface area (Å²) in [5.74, 6) is 0.123. The van der Waals surface area contributed by atoms with E-state index in [4.69, 9.17) is 5.73 Å². The third kappa shape index (κ3) is 4.69. The first-order chi connectivity index (χ1) is 15.2. The van der Waals surface area contributed by atoms with Crippen LogP contribution in [0.1, 0.15) is 55.0 Å². The van der Waals surface area contributed by atoms with Crippen molar-refractivity contribution >= 4 is 17.2 Å². The van der Waals surface area contributed by atoms with Crippen molar-refractivity contribution in [1.29, 1.82) is 0 Å². The molecule has 0 radical (unpaired) electrons. The van der Waals surface area contributed by atoms with Crippen LogP contribution in [0.2, 0.25) is 0 Å². The summed E-state index contributed by atoms with van der Waals surface area (Å²) in [6.45, 7) is 1.61. The number of anilines is 3. The summed E-state index contributed by atoms with van der Waals surface area (Å²) < 4.78 is 53.1. The Morgan fingerprint density at radius 3 is 2.28 bits per heavy atom. The quantitative estimate of drug-likeness (QED) is 0.426. The second-order valence-corrected chi connectivity index (χ2v) is 8.16. The van der Waals surface area contributed by atoms with Crippen LogP contribution in [-0.2, 0) is 6.18 Å². The van der Waals surface area contributed by atoms with Gasteiger partial charge in [-0.3, -0.25) is 0 Å². The molecule has 0 atom stereocenters. The van der Waals surface area contributed by atoms with Gasteiger partial charge < -0.3 is 11.1 Å². The van der Waals surface area contributed by atoms with Crippen LogP contribution in [0.25, 0.3) is 11.3 Å². The number of nitrogens with one attached hydrogen (secondary N) is 1. The van der Waals surface area contributed by atoms with Gasteiger partial charge in [-0.2, -0.15) is 13.2 Å². The van der Waals surface area contributed by atoms with Gasteiger partial charge in [-0.1, -0.05) is 31.4 Å². The van der Waals surface area contributed by atoms with Crippen LogP contribution in [0.15, 0.2) is 42.5 Å². The van der Waals surface area contributed by atoms with E-state index in [1.807, 2.05) is 12.1 Å². The van der Waals surface area contributed by atoms with E-state index >= 15 is 0 Å². The largest absolute Gasteiger partial charge is 0.416 e. The molecule has 0 spiro atoms. The van der Waals surface area contributed by atoms with Crippen molar-refractivity contribution in [2.24, 2.45) is 0 Å². The van der Waals surface area contributed by atoms with Crippen LogP contribution in [0.4, 0.5) is 34.8 Å². The Morgan fingerprint density at radius 1 is 0.969 bits per heavy atom. The number of nitrogen functional groups attached to an aromatic ring is 1. The van der Waals surface area contributed by atoms with E-state index in [0.717, 1.165) is 17.8 Å². The molecule has 3 aromatic rings. The van der Waals surface area contributed by atoms with Crippen LogP contribution in [0.5, 0.6) is 0 Å². The van der Waals surface area contributed by atoms with Gasteiger partial charge in [0.05, 0.1) is 5.56 Å². The first-order valence-electron chi connectivity index (χ1n) is 10.6. The highest BCUT2D eigenvalue weighted by atomic mass is 19.4. The molecule has 32 heavy (non-hydrogen) atoms. The first kappa shape index (κ1) is 22.0. The van der Waals surface area contributed by atoms with E-state index in [2.05, 4.69) is 27.4 Å². The monoisotopic (exact) mass is 444 g/mol. The van der Waals surface area contributed by atoms with Crippen LogP contribution >= 0.6 is 0 Å². The first-order valence-corrected chi connectivity index (χ1v) is 10.6. The van der Waals surface area contributed by atoms with Crippen molar-refractivity contribution in [3.63, 3.8) is 0 Å². The lowest BCUT2D eigenvalue weighted by Gasteiger charge is -2.22. The van der Waals surface area contributed by atoms with Gasteiger partial charge in [0, 0.05) is 11.3 Å². The van der Waals surface area contributed by atoms with Crippen molar-refractivity contribution in [3.05, 3.63) is 65.2 Å². The zero-order valence-corrected chi connectivity index (χ0v) is 17.6. The van der Waals surface area contributed by atoms with Gasteiger partial charge in [0.1, 0.15) is 23.0 Å². The minimum Gasteiger partial charge on any atom is -0.394 e. The van der Waals surface area contributed by atoms with Gasteiger partial charge in [0.15, 0.2) is 5.82 Å². The highest BCUT2D eigenvalue weighted by Gasteiger charge is 2.31. The van der Waals surface area contributed by atoms with Crippen LogP contribution in [0.3, 0.4) is 0 Å². The van der Waals surface area contributed by atoms with Crippen molar-refractivity contribution in [3.8, 4) is 11.3 Å². The lowest BCUT2D eigenvalue weighted by atomic mass is 9.84. The predicted molar refractivity (Wildman–Crippen MR) is 117 cm³/mol. The maximum atomic E-state index is 14.5. The Balaban J connectivity index is 1.61. The average molecular weight is 444 g/mol. The molecule has 1 aliphatic rings.